The van der Waals surface area contributed by atoms with E-state index in [0.717, 1.165) is 0 Å². The first kappa shape index (κ1) is 16.4. The number of hydrogen-bond acceptors (Lipinski definition) is 4. The van der Waals surface area contributed by atoms with Crippen LogP contribution >= 0.6 is 0 Å². The summed E-state index contributed by atoms with van der Waals surface area (Å²) in [4.78, 5) is 12.0. The lowest BCUT2D eigenvalue weighted by molar-refractivity contribution is 0.0366. The summed E-state index contributed by atoms with van der Waals surface area (Å²) in [5.74, 6) is 1.45. The van der Waals surface area contributed by atoms with Crippen molar-refractivity contribution in [2.75, 3.05) is 13.2 Å². The number of furan rings is 1. The Bertz CT molecular complexity index is 481. The first-order valence-electron chi connectivity index (χ1n) is 9.21. The highest BCUT2D eigenvalue weighted by molar-refractivity contribution is 5.86. The third-order valence-corrected chi connectivity index (χ3v) is 5.14. The van der Waals surface area contributed by atoms with Gasteiger partial charge in [0.25, 0.3) is 5.95 Å². The molecule has 1 heterocycles. The van der Waals surface area contributed by atoms with E-state index < -0.39 is 0 Å². The van der Waals surface area contributed by atoms with Gasteiger partial charge in [-0.1, -0.05) is 38.5 Å². The lowest BCUT2D eigenvalue weighted by Gasteiger charge is -2.21. The summed E-state index contributed by atoms with van der Waals surface area (Å²) >= 11 is 0. The van der Waals surface area contributed by atoms with Gasteiger partial charge in [-0.3, -0.25) is 0 Å². The molecule has 128 valence electrons. The molecular weight excluding hydrogens is 292 g/mol. The molecule has 0 radical (unpaired) electrons. The van der Waals surface area contributed by atoms with Crippen LogP contribution in [0.4, 0.5) is 0 Å². The second-order valence-corrected chi connectivity index (χ2v) is 7.04. The minimum Gasteiger partial charge on any atom is -0.465 e. The molecule has 0 spiro atoms. The van der Waals surface area contributed by atoms with E-state index in [0.29, 0.717) is 31.0 Å². The van der Waals surface area contributed by atoms with E-state index in [9.17, 15) is 4.79 Å². The van der Waals surface area contributed by atoms with Crippen LogP contribution in [0.3, 0.4) is 0 Å². The van der Waals surface area contributed by atoms with E-state index in [1.165, 1.54) is 64.2 Å². The molecule has 0 aromatic carbocycles. The number of carbonyl (C=O) groups is 1. The van der Waals surface area contributed by atoms with E-state index in [1.807, 2.05) is 0 Å². The fourth-order valence-corrected chi connectivity index (χ4v) is 3.68. The van der Waals surface area contributed by atoms with Gasteiger partial charge in [0.05, 0.1) is 13.2 Å². The fraction of sp³-hybridized carbons (Fsp3) is 0.737. The van der Waals surface area contributed by atoms with Gasteiger partial charge in [-0.15, -0.1) is 0 Å². The monoisotopic (exact) mass is 320 g/mol. The molecule has 2 aliphatic carbocycles. The van der Waals surface area contributed by atoms with Crippen molar-refractivity contribution in [3.8, 4) is 5.95 Å². The zero-order chi connectivity index (χ0) is 15.9. The third kappa shape index (κ3) is 5.02. The Labute approximate surface area is 138 Å². The Morgan fingerprint density at radius 3 is 2.17 bits per heavy atom. The number of hydrogen-bond donors (Lipinski definition) is 0. The lowest BCUT2D eigenvalue weighted by Crippen LogP contribution is -2.16. The van der Waals surface area contributed by atoms with E-state index >= 15 is 0 Å². The van der Waals surface area contributed by atoms with Crippen LogP contribution in [0, 0.1) is 11.8 Å². The molecule has 0 aliphatic heterocycles. The van der Waals surface area contributed by atoms with Crippen LogP contribution in [0.2, 0.25) is 0 Å². The van der Waals surface area contributed by atoms with Gasteiger partial charge in [-0.25, -0.2) is 4.79 Å². The van der Waals surface area contributed by atoms with Crippen LogP contribution in [0.1, 0.15) is 74.8 Å². The van der Waals surface area contributed by atoms with Crippen molar-refractivity contribution in [2.45, 2.75) is 64.2 Å². The molecule has 2 saturated carbocycles. The van der Waals surface area contributed by atoms with Gasteiger partial charge in [-0.05, 0) is 43.6 Å². The molecule has 1 aromatic rings. The maximum absolute atomic E-state index is 12.0. The molecule has 4 heteroatoms. The topological polar surface area (TPSA) is 48.7 Å². The third-order valence-electron chi connectivity index (χ3n) is 5.14. The van der Waals surface area contributed by atoms with Crippen LogP contribution in [0.5, 0.6) is 5.95 Å². The van der Waals surface area contributed by atoms with Crippen molar-refractivity contribution >= 4 is 5.97 Å². The molecule has 0 N–H and O–H groups in total. The Hall–Kier alpha value is -1.45. The Morgan fingerprint density at radius 1 is 0.913 bits per heavy atom. The van der Waals surface area contributed by atoms with Crippen molar-refractivity contribution in [3.05, 3.63) is 17.9 Å². The highest BCUT2D eigenvalue weighted by Gasteiger charge is 2.19. The van der Waals surface area contributed by atoms with Gasteiger partial charge in [-0.2, -0.15) is 0 Å². The molecule has 2 fully saturated rings. The van der Waals surface area contributed by atoms with Gasteiger partial charge in [0.1, 0.15) is 0 Å². The minimum absolute atomic E-state index is 0.249. The van der Waals surface area contributed by atoms with Crippen LogP contribution in [0.15, 0.2) is 16.5 Å². The average molecular weight is 320 g/mol. The molecule has 4 nitrogen and oxygen atoms in total. The Balaban J connectivity index is 1.41. The predicted octanol–water partition coefficient (Wildman–Crippen LogP) is 4.98. The first-order valence-corrected chi connectivity index (χ1v) is 9.21. The molecule has 0 amide bonds. The zero-order valence-corrected chi connectivity index (χ0v) is 13.9. The van der Waals surface area contributed by atoms with Gasteiger partial charge in [0, 0.05) is 6.07 Å². The summed E-state index contributed by atoms with van der Waals surface area (Å²) in [6, 6.07) is 3.37. The van der Waals surface area contributed by atoms with Crippen molar-refractivity contribution < 1.29 is 18.7 Å². The maximum Gasteiger partial charge on any atom is 0.374 e. The van der Waals surface area contributed by atoms with E-state index in [1.54, 1.807) is 12.1 Å². The average Bonchev–Trinajstić information content (AvgIpc) is 3.09. The molecule has 2 aliphatic rings. The van der Waals surface area contributed by atoms with Crippen molar-refractivity contribution in [2.24, 2.45) is 11.8 Å². The van der Waals surface area contributed by atoms with Crippen molar-refractivity contribution in [3.63, 3.8) is 0 Å². The van der Waals surface area contributed by atoms with E-state index in [4.69, 9.17) is 13.9 Å². The Morgan fingerprint density at radius 2 is 1.52 bits per heavy atom. The predicted molar refractivity (Wildman–Crippen MR) is 87.6 cm³/mol. The molecular formula is C19H28O4. The van der Waals surface area contributed by atoms with Crippen LogP contribution in [-0.2, 0) is 4.74 Å². The quantitative estimate of drug-likeness (QED) is 0.694. The van der Waals surface area contributed by atoms with Crippen LogP contribution in [0.25, 0.3) is 0 Å². The minimum atomic E-state index is -0.372. The van der Waals surface area contributed by atoms with Gasteiger partial charge in [0.15, 0.2) is 0 Å². The van der Waals surface area contributed by atoms with E-state index in [2.05, 4.69) is 0 Å². The van der Waals surface area contributed by atoms with Crippen LogP contribution in [-0.4, -0.2) is 19.2 Å². The van der Waals surface area contributed by atoms with Gasteiger partial charge in [0.2, 0.25) is 5.76 Å². The number of carbonyl (C=O) groups excluding carboxylic acids is 1. The molecule has 3 rings (SSSR count). The fourth-order valence-electron chi connectivity index (χ4n) is 3.68. The smallest absolute Gasteiger partial charge is 0.374 e. The summed E-state index contributed by atoms with van der Waals surface area (Å²) < 4.78 is 16.6. The summed E-state index contributed by atoms with van der Waals surface area (Å²) in [5.41, 5.74) is 0. The zero-order valence-electron chi connectivity index (χ0n) is 13.9. The maximum atomic E-state index is 12.0. The molecule has 1 aromatic heterocycles. The Kier molecular flexibility index (Phi) is 6.00. The molecule has 0 saturated heterocycles. The number of esters is 1. The summed E-state index contributed by atoms with van der Waals surface area (Å²) in [7, 11) is 0. The van der Waals surface area contributed by atoms with E-state index in [-0.39, 0.29) is 11.7 Å². The number of rotatable bonds is 6. The highest BCUT2D eigenvalue weighted by Crippen LogP contribution is 2.26. The second kappa shape index (κ2) is 8.42. The lowest BCUT2D eigenvalue weighted by atomic mass is 9.90. The SMILES string of the molecule is O=C(OCC1CCCCC1)c1ccc(OCC2CCCCC2)o1. The van der Waals surface area contributed by atoms with Crippen molar-refractivity contribution in [1.29, 1.82) is 0 Å². The van der Waals surface area contributed by atoms with Gasteiger partial charge < -0.3 is 13.9 Å². The molecule has 0 unspecified atom stereocenters. The number of ether oxygens (including phenoxy) is 2. The highest BCUT2D eigenvalue weighted by atomic mass is 16.6. The summed E-state index contributed by atoms with van der Waals surface area (Å²) in [5, 5.41) is 0. The van der Waals surface area contributed by atoms with Crippen LogP contribution < -0.4 is 4.74 Å². The molecule has 23 heavy (non-hydrogen) atoms. The largest absolute Gasteiger partial charge is 0.465 e. The molecule has 0 atom stereocenters. The summed E-state index contributed by atoms with van der Waals surface area (Å²) in [6.07, 6.45) is 12.6. The normalized spacial score (nSPS) is 20.3. The van der Waals surface area contributed by atoms with Gasteiger partial charge >= 0.3 is 5.97 Å². The standard InChI is InChI=1S/C19H28O4/c20-19(22-14-16-9-5-2-6-10-16)17-11-12-18(23-17)21-13-15-7-3-1-4-8-15/h11-12,15-16H,1-10,13-14H2. The summed E-state index contributed by atoms with van der Waals surface area (Å²) in [6.45, 7) is 1.20. The van der Waals surface area contributed by atoms with Crippen molar-refractivity contribution in [1.82, 2.24) is 0 Å². The second-order valence-electron chi connectivity index (χ2n) is 7.04. The first-order chi connectivity index (χ1) is 11.3. The molecule has 0 bridgehead atoms.